The Bertz CT molecular complexity index is 495. The van der Waals surface area contributed by atoms with E-state index < -0.39 is 0 Å². The molecule has 1 N–H and O–H groups in total. The normalized spacial score (nSPS) is 16.0. The highest BCUT2D eigenvalue weighted by Crippen LogP contribution is 2.16. The molecule has 0 unspecified atom stereocenters. The Balaban J connectivity index is 1.78. The van der Waals surface area contributed by atoms with E-state index in [0.717, 1.165) is 6.42 Å². The predicted octanol–water partition coefficient (Wildman–Crippen LogP) is 1.22. The van der Waals surface area contributed by atoms with E-state index in [0.29, 0.717) is 39.3 Å². The Hall–Kier alpha value is -1.53. The molecule has 2 heterocycles. The fraction of sp³-hybridized carbons (Fsp3) is 0.571. The van der Waals surface area contributed by atoms with E-state index in [2.05, 4.69) is 5.32 Å². The molecule has 0 bridgehead atoms. The molecule has 1 aromatic heterocycles. The van der Waals surface area contributed by atoms with Crippen molar-refractivity contribution in [2.45, 2.75) is 13.3 Å². The first-order valence-corrected chi connectivity index (χ1v) is 7.51. The molecule has 0 aromatic carbocycles. The lowest BCUT2D eigenvalue weighted by atomic mass is 10.3. The highest BCUT2D eigenvalue weighted by atomic mass is 35.5. The zero-order valence-electron chi connectivity index (χ0n) is 12.1. The van der Waals surface area contributed by atoms with Gasteiger partial charge in [-0.25, -0.2) is 0 Å². The monoisotopic (exact) mass is 313 g/mol. The van der Waals surface area contributed by atoms with E-state index in [1.54, 1.807) is 17.0 Å². The summed E-state index contributed by atoms with van der Waals surface area (Å²) in [7, 11) is 0. The first-order chi connectivity index (χ1) is 10.1. The highest BCUT2D eigenvalue weighted by Gasteiger charge is 2.24. The molecule has 6 nitrogen and oxygen atoms in total. The van der Waals surface area contributed by atoms with Crippen LogP contribution in [0.2, 0.25) is 5.22 Å². The zero-order valence-corrected chi connectivity index (χ0v) is 12.9. The quantitative estimate of drug-likeness (QED) is 0.887. The van der Waals surface area contributed by atoms with Gasteiger partial charge in [0.1, 0.15) is 0 Å². The predicted molar refractivity (Wildman–Crippen MR) is 79.4 cm³/mol. The van der Waals surface area contributed by atoms with Gasteiger partial charge in [-0.1, -0.05) is 6.92 Å². The maximum absolute atomic E-state index is 12.2. The Morgan fingerprint density at radius 1 is 1.29 bits per heavy atom. The molecule has 2 rings (SSSR count). The molecule has 1 fully saturated rings. The van der Waals surface area contributed by atoms with Crippen LogP contribution in [0.15, 0.2) is 16.5 Å². The Kier molecular flexibility index (Phi) is 5.64. The van der Waals surface area contributed by atoms with E-state index in [4.69, 9.17) is 16.0 Å². The van der Waals surface area contributed by atoms with Crippen molar-refractivity contribution in [2.24, 2.45) is 0 Å². The molecule has 7 heteroatoms. The van der Waals surface area contributed by atoms with Crippen LogP contribution in [0, 0.1) is 0 Å². The molecule has 1 aliphatic rings. The van der Waals surface area contributed by atoms with Crippen LogP contribution in [0.25, 0.3) is 0 Å². The third kappa shape index (κ3) is 4.47. The molecule has 0 spiro atoms. The molecule has 0 radical (unpaired) electrons. The standard InChI is InChI=1S/C14H20ClN3O3/c1-2-5-16-13(19)10-17-6-8-18(9-7-17)14(20)11-3-4-12(15)21-11/h3-4H,2,5-10H2,1H3,(H,16,19). The molecular weight excluding hydrogens is 294 g/mol. The second kappa shape index (κ2) is 7.47. The summed E-state index contributed by atoms with van der Waals surface area (Å²) in [6.45, 7) is 5.63. The lowest BCUT2D eigenvalue weighted by Crippen LogP contribution is -2.51. The average Bonchev–Trinajstić information content (AvgIpc) is 2.92. The minimum atomic E-state index is -0.156. The van der Waals surface area contributed by atoms with Gasteiger partial charge in [-0.2, -0.15) is 0 Å². The molecule has 116 valence electrons. The first-order valence-electron chi connectivity index (χ1n) is 7.14. The Labute approximate surface area is 129 Å². The van der Waals surface area contributed by atoms with Crippen molar-refractivity contribution in [1.29, 1.82) is 0 Å². The maximum Gasteiger partial charge on any atom is 0.289 e. The van der Waals surface area contributed by atoms with Crippen LogP contribution in [0.5, 0.6) is 0 Å². The maximum atomic E-state index is 12.2. The van der Waals surface area contributed by atoms with Crippen LogP contribution >= 0.6 is 11.6 Å². The van der Waals surface area contributed by atoms with Crippen molar-refractivity contribution < 1.29 is 14.0 Å². The second-order valence-corrected chi connectivity index (χ2v) is 5.39. The number of piperazine rings is 1. The average molecular weight is 314 g/mol. The third-order valence-corrected chi connectivity index (χ3v) is 3.59. The van der Waals surface area contributed by atoms with Gasteiger partial charge in [0.2, 0.25) is 5.91 Å². The van der Waals surface area contributed by atoms with Gasteiger partial charge in [-0.05, 0) is 30.2 Å². The zero-order chi connectivity index (χ0) is 15.2. The smallest absolute Gasteiger partial charge is 0.289 e. The summed E-state index contributed by atoms with van der Waals surface area (Å²) in [6.07, 6.45) is 0.930. The third-order valence-electron chi connectivity index (χ3n) is 3.38. The molecule has 2 amide bonds. The molecule has 0 saturated carbocycles. The minimum absolute atomic E-state index is 0.0365. The molecule has 0 aliphatic carbocycles. The van der Waals surface area contributed by atoms with Gasteiger partial charge in [0.15, 0.2) is 11.0 Å². The molecule has 0 atom stereocenters. The van der Waals surface area contributed by atoms with E-state index in [1.807, 2.05) is 11.8 Å². The van der Waals surface area contributed by atoms with E-state index in [9.17, 15) is 9.59 Å². The number of carbonyl (C=O) groups excluding carboxylic acids is 2. The SMILES string of the molecule is CCCNC(=O)CN1CCN(C(=O)c2ccc(Cl)o2)CC1. The van der Waals surface area contributed by atoms with Crippen molar-refractivity contribution in [2.75, 3.05) is 39.3 Å². The largest absolute Gasteiger partial charge is 0.440 e. The van der Waals surface area contributed by atoms with Gasteiger partial charge >= 0.3 is 0 Å². The topological polar surface area (TPSA) is 65.8 Å². The number of nitrogens with zero attached hydrogens (tertiary/aromatic N) is 2. The lowest BCUT2D eigenvalue weighted by Gasteiger charge is -2.33. The minimum Gasteiger partial charge on any atom is -0.440 e. The fourth-order valence-electron chi connectivity index (χ4n) is 2.22. The number of furan rings is 1. The summed E-state index contributed by atoms with van der Waals surface area (Å²) >= 11 is 5.68. The van der Waals surface area contributed by atoms with Crippen molar-refractivity contribution in [3.05, 3.63) is 23.1 Å². The molecule has 1 aromatic rings. The van der Waals surface area contributed by atoms with Crippen molar-refractivity contribution >= 4 is 23.4 Å². The van der Waals surface area contributed by atoms with Crippen LogP contribution in [0.1, 0.15) is 23.9 Å². The Morgan fingerprint density at radius 2 is 2.00 bits per heavy atom. The Morgan fingerprint density at radius 3 is 2.57 bits per heavy atom. The fourth-order valence-corrected chi connectivity index (χ4v) is 2.36. The van der Waals surface area contributed by atoms with Crippen molar-refractivity contribution in [3.8, 4) is 0 Å². The number of hydrogen-bond acceptors (Lipinski definition) is 4. The number of carbonyl (C=O) groups is 2. The summed E-state index contributed by atoms with van der Waals surface area (Å²) < 4.78 is 5.13. The number of halogens is 1. The van der Waals surface area contributed by atoms with E-state index in [-0.39, 0.29) is 22.8 Å². The van der Waals surface area contributed by atoms with Crippen molar-refractivity contribution in [3.63, 3.8) is 0 Å². The molecule has 21 heavy (non-hydrogen) atoms. The number of amides is 2. The van der Waals surface area contributed by atoms with Gasteiger partial charge in [0.25, 0.3) is 5.91 Å². The van der Waals surface area contributed by atoms with E-state index in [1.165, 1.54) is 0 Å². The first kappa shape index (κ1) is 15.9. The van der Waals surface area contributed by atoms with Gasteiger partial charge in [0, 0.05) is 32.7 Å². The van der Waals surface area contributed by atoms with E-state index >= 15 is 0 Å². The number of rotatable bonds is 5. The van der Waals surface area contributed by atoms with Crippen molar-refractivity contribution in [1.82, 2.24) is 15.1 Å². The van der Waals surface area contributed by atoms with Gasteiger partial charge in [-0.15, -0.1) is 0 Å². The summed E-state index contributed by atoms with van der Waals surface area (Å²) in [5, 5.41) is 3.06. The van der Waals surface area contributed by atoms with Gasteiger partial charge < -0.3 is 14.6 Å². The highest BCUT2D eigenvalue weighted by molar-refractivity contribution is 6.29. The summed E-state index contributed by atoms with van der Waals surface area (Å²) in [5.41, 5.74) is 0. The van der Waals surface area contributed by atoms with Crippen LogP contribution < -0.4 is 5.32 Å². The van der Waals surface area contributed by atoms with Crippen LogP contribution in [-0.4, -0.2) is 60.9 Å². The molecular formula is C14H20ClN3O3. The second-order valence-electron chi connectivity index (χ2n) is 5.02. The molecule has 1 aliphatic heterocycles. The lowest BCUT2D eigenvalue weighted by molar-refractivity contribution is -0.122. The number of nitrogens with one attached hydrogen (secondary N) is 1. The van der Waals surface area contributed by atoms with Crippen LogP contribution in [0.3, 0.4) is 0 Å². The summed E-state index contributed by atoms with van der Waals surface area (Å²) in [6, 6.07) is 3.14. The van der Waals surface area contributed by atoms with Gasteiger partial charge in [-0.3, -0.25) is 14.5 Å². The van der Waals surface area contributed by atoms with Gasteiger partial charge in [0.05, 0.1) is 6.54 Å². The van der Waals surface area contributed by atoms with Crippen LogP contribution in [0.4, 0.5) is 0 Å². The molecule has 1 saturated heterocycles. The summed E-state index contributed by atoms with van der Waals surface area (Å²) in [4.78, 5) is 27.6. The number of hydrogen-bond donors (Lipinski definition) is 1. The van der Waals surface area contributed by atoms with Crippen LogP contribution in [-0.2, 0) is 4.79 Å². The summed E-state index contributed by atoms with van der Waals surface area (Å²) in [5.74, 6) is 0.139.